The van der Waals surface area contributed by atoms with Crippen LogP contribution in [0.5, 0.6) is 0 Å². The van der Waals surface area contributed by atoms with Gasteiger partial charge in [0.25, 0.3) is 0 Å². The average Bonchev–Trinajstić information content (AvgIpc) is 3.50. The van der Waals surface area contributed by atoms with Gasteiger partial charge in [0.15, 0.2) is 0 Å². The second-order valence-corrected chi connectivity index (χ2v) is 10.5. The second-order valence-electron chi connectivity index (χ2n) is 10.5. The van der Waals surface area contributed by atoms with Crippen LogP contribution < -0.4 is 5.32 Å². The molecule has 7 heteroatoms. The highest BCUT2D eigenvalue weighted by molar-refractivity contribution is 5.89. The predicted molar refractivity (Wildman–Crippen MR) is 129 cm³/mol. The van der Waals surface area contributed by atoms with E-state index in [0.717, 1.165) is 12.8 Å². The summed E-state index contributed by atoms with van der Waals surface area (Å²) in [5.41, 5.74) is 3.77. The molecule has 2 heterocycles. The molecule has 3 fully saturated rings. The Bertz CT molecular complexity index is 1130. The number of ether oxygens (including phenoxy) is 1. The van der Waals surface area contributed by atoms with E-state index in [0.29, 0.717) is 32.1 Å². The number of amides is 2. The molecule has 0 unspecified atom stereocenters. The summed E-state index contributed by atoms with van der Waals surface area (Å²) in [5.74, 6) is -0.712. The molecule has 2 bridgehead atoms. The van der Waals surface area contributed by atoms with Crippen molar-refractivity contribution in [2.24, 2.45) is 5.92 Å². The largest absolute Gasteiger partial charge is 0.479 e. The highest BCUT2D eigenvalue weighted by Gasteiger charge is 2.58. The average molecular weight is 475 g/mol. The van der Waals surface area contributed by atoms with Crippen LogP contribution in [0.1, 0.15) is 62.0 Å². The highest BCUT2D eigenvalue weighted by Crippen LogP contribution is 2.48. The first-order valence-corrected chi connectivity index (χ1v) is 12.6. The molecule has 2 aromatic rings. The molecule has 1 saturated carbocycles. The standard InChI is InChI=1S/C28H30N2O5/c31-25(30-19-9-11-28(30,12-10-19)26(32)33)15-17-13-18(14-17)29-27(34)35-16-24-22-7-3-1-5-20(22)21-6-2-4-8-23(21)24/h1-8,17-19,24H,9-16H2,(H,29,34)(H,32,33). The number of nitrogens with one attached hydrogen (secondary N) is 1. The van der Waals surface area contributed by atoms with Gasteiger partial charge in [0.1, 0.15) is 12.1 Å². The second kappa shape index (κ2) is 8.40. The van der Waals surface area contributed by atoms with Crippen molar-refractivity contribution in [3.8, 4) is 11.1 Å². The predicted octanol–water partition coefficient (Wildman–Crippen LogP) is 4.30. The van der Waals surface area contributed by atoms with E-state index in [2.05, 4.69) is 29.6 Å². The zero-order chi connectivity index (χ0) is 24.2. The Labute approximate surface area is 204 Å². The zero-order valence-electron chi connectivity index (χ0n) is 19.6. The lowest BCUT2D eigenvalue weighted by molar-refractivity contribution is -0.156. The van der Waals surface area contributed by atoms with Crippen LogP contribution in [-0.2, 0) is 14.3 Å². The van der Waals surface area contributed by atoms with E-state index in [9.17, 15) is 19.5 Å². The van der Waals surface area contributed by atoms with Crippen molar-refractivity contribution < 1.29 is 24.2 Å². The fourth-order valence-corrected chi connectivity index (χ4v) is 6.86. The smallest absolute Gasteiger partial charge is 0.407 e. The fraction of sp³-hybridized carbons (Fsp3) is 0.464. The minimum absolute atomic E-state index is 0.00724. The van der Waals surface area contributed by atoms with Crippen LogP contribution in [-0.4, -0.2) is 52.2 Å². The maximum absolute atomic E-state index is 12.9. The number of nitrogens with zero attached hydrogens (tertiary/aromatic N) is 1. The number of fused-ring (bicyclic) bond motifs is 5. The van der Waals surface area contributed by atoms with Gasteiger partial charge in [-0.25, -0.2) is 9.59 Å². The van der Waals surface area contributed by atoms with E-state index in [4.69, 9.17) is 4.74 Å². The Balaban J connectivity index is 0.994. The molecule has 2 aliphatic carbocycles. The number of hydrogen-bond acceptors (Lipinski definition) is 4. The Morgan fingerprint density at radius 2 is 1.57 bits per heavy atom. The third-order valence-corrected chi connectivity index (χ3v) is 8.64. The van der Waals surface area contributed by atoms with Gasteiger partial charge in [-0.3, -0.25) is 4.79 Å². The molecule has 6 rings (SSSR count). The Kier molecular flexibility index (Phi) is 5.31. The molecule has 2 N–H and O–H groups in total. The molecule has 0 atom stereocenters. The number of carboxylic acid groups (broad SMARTS) is 1. The number of rotatable bonds is 6. The lowest BCUT2D eigenvalue weighted by atomic mass is 9.78. The number of hydrogen-bond donors (Lipinski definition) is 2. The Morgan fingerprint density at radius 1 is 0.971 bits per heavy atom. The van der Waals surface area contributed by atoms with Crippen LogP contribution in [0, 0.1) is 5.92 Å². The molecule has 7 nitrogen and oxygen atoms in total. The quantitative estimate of drug-likeness (QED) is 0.651. The molecule has 2 saturated heterocycles. The molecule has 2 aromatic carbocycles. The third-order valence-electron chi connectivity index (χ3n) is 8.64. The molecule has 0 radical (unpaired) electrons. The molecule has 4 aliphatic rings. The zero-order valence-corrected chi connectivity index (χ0v) is 19.6. The fourth-order valence-electron chi connectivity index (χ4n) is 6.86. The van der Waals surface area contributed by atoms with Gasteiger partial charge in [0, 0.05) is 24.4 Å². The van der Waals surface area contributed by atoms with E-state index >= 15 is 0 Å². The summed E-state index contributed by atoms with van der Waals surface area (Å²) < 4.78 is 5.63. The van der Waals surface area contributed by atoms with Gasteiger partial charge in [-0.05, 0) is 66.7 Å². The molecule has 182 valence electrons. The summed E-state index contributed by atoms with van der Waals surface area (Å²) in [6.07, 6.45) is 4.06. The Morgan fingerprint density at radius 3 is 2.17 bits per heavy atom. The topological polar surface area (TPSA) is 95.9 Å². The first-order valence-electron chi connectivity index (χ1n) is 12.6. The van der Waals surface area contributed by atoms with Crippen molar-refractivity contribution in [1.29, 1.82) is 0 Å². The maximum Gasteiger partial charge on any atom is 0.407 e. The first kappa shape index (κ1) is 22.1. The summed E-state index contributed by atoms with van der Waals surface area (Å²) in [5, 5.41) is 12.7. The minimum atomic E-state index is -0.982. The molecule has 35 heavy (non-hydrogen) atoms. The summed E-state index contributed by atoms with van der Waals surface area (Å²) in [6.45, 7) is 0.280. The van der Waals surface area contributed by atoms with Gasteiger partial charge in [0.2, 0.25) is 5.91 Å². The van der Waals surface area contributed by atoms with E-state index in [1.807, 2.05) is 24.3 Å². The molecule has 2 amide bonds. The van der Waals surface area contributed by atoms with Crippen LogP contribution >= 0.6 is 0 Å². The van der Waals surface area contributed by atoms with Crippen molar-refractivity contribution in [3.05, 3.63) is 59.7 Å². The van der Waals surface area contributed by atoms with Gasteiger partial charge in [-0.1, -0.05) is 48.5 Å². The summed E-state index contributed by atoms with van der Waals surface area (Å²) >= 11 is 0. The van der Waals surface area contributed by atoms with Crippen LogP contribution in [0.15, 0.2) is 48.5 Å². The van der Waals surface area contributed by atoms with E-state index in [1.54, 1.807) is 4.90 Å². The molecule has 0 spiro atoms. The number of carboxylic acids is 1. The molecule has 0 aromatic heterocycles. The SMILES string of the molecule is O=C(NC1CC(CC(=O)N2C3CCC2(C(=O)O)CC3)C1)OCC1c2ccccc2-c2ccccc21. The van der Waals surface area contributed by atoms with Gasteiger partial charge in [0.05, 0.1) is 0 Å². The van der Waals surface area contributed by atoms with Crippen LogP contribution in [0.4, 0.5) is 4.79 Å². The number of carbonyl (C=O) groups excluding carboxylic acids is 2. The van der Waals surface area contributed by atoms with E-state index < -0.39 is 17.6 Å². The minimum Gasteiger partial charge on any atom is -0.479 e. The monoisotopic (exact) mass is 474 g/mol. The van der Waals surface area contributed by atoms with Crippen LogP contribution in [0.2, 0.25) is 0 Å². The summed E-state index contributed by atoms with van der Waals surface area (Å²) in [7, 11) is 0. The molecular weight excluding hydrogens is 444 g/mol. The lowest BCUT2D eigenvalue weighted by Crippen LogP contribution is -2.52. The van der Waals surface area contributed by atoms with Crippen molar-refractivity contribution in [2.45, 2.75) is 68.5 Å². The lowest BCUT2D eigenvalue weighted by Gasteiger charge is -2.38. The van der Waals surface area contributed by atoms with Gasteiger partial charge in [-0.2, -0.15) is 0 Å². The third kappa shape index (κ3) is 3.60. The number of carbonyl (C=O) groups is 3. The van der Waals surface area contributed by atoms with Crippen molar-refractivity contribution in [2.75, 3.05) is 6.61 Å². The van der Waals surface area contributed by atoms with Gasteiger partial charge in [-0.15, -0.1) is 0 Å². The summed E-state index contributed by atoms with van der Waals surface area (Å²) in [6, 6.07) is 16.6. The van der Waals surface area contributed by atoms with Crippen LogP contribution in [0.25, 0.3) is 11.1 Å². The number of aliphatic carboxylic acids is 1. The van der Waals surface area contributed by atoms with Gasteiger partial charge < -0.3 is 20.1 Å². The first-order chi connectivity index (χ1) is 17.0. The normalized spacial score (nSPS) is 28.2. The van der Waals surface area contributed by atoms with Crippen molar-refractivity contribution in [1.82, 2.24) is 10.2 Å². The highest BCUT2D eigenvalue weighted by atomic mass is 16.5. The van der Waals surface area contributed by atoms with E-state index in [-0.39, 0.29) is 36.4 Å². The molecular formula is C28H30N2O5. The van der Waals surface area contributed by atoms with E-state index in [1.165, 1.54) is 22.3 Å². The number of alkyl carbamates (subject to hydrolysis) is 1. The molecule has 2 aliphatic heterocycles. The van der Waals surface area contributed by atoms with Crippen molar-refractivity contribution in [3.63, 3.8) is 0 Å². The summed E-state index contributed by atoms with van der Waals surface area (Å²) in [4.78, 5) is 39.0. The van der Waals surface area contributed by atoms with Crippen molar-refractivity contribution >= 4 is 18.0 Å². The maximum atomic E-state index is 12.9. The van der Waals surface area contributed by atoms with Crippen LogP contribution in [0.3, 0.4) is 0 Å². The number of benzene rings is 2. The van der Waals surface area contributed by atoms with Gasteiger partial charge >= 0.3 is 12.1 Å². The Hall–Kier alpha value is -3.35.